The van der Waals surface area contributed by atoms with Crippen LogP contribution < -0.4 is 11.1 Å². The van der Waals surface area contributed by atoms with E-state index in [1.807, 2.05) is 0 Å². The van der Waals surface area contributed by atoms with Gasteiger partial charge in [0.1, 0.15) is 0 Å². The van der Waals surface area contributed by atoms with E-state index >= 15 is 0 Å². The van der Waals surface area contributed by atoms with Gasteiger partial charge in [0.25, 0.3) is 0 Å². The van der Waals surface area contributed by atoms with E-state index in [4.69, 9.17) is 5.73 Å². The Labute approximate surface area is 100 Å². The number of nitrogens with one attached hydrogen (secondary N) is 1. The number of hydrogen-bond acceptors (Lipinski definition) is 2. The third-order valence-corrected chi connectivity index (χ3v) is 4.55. The second-order valence-corrected chi connectivity index (χ2v) is 5.93. The summed E-state index contributed by atoms with van der Waals surface area (Å²) in [6.07, 6.45) is 12.2. The summed E-state index contributed by atoms with van der Waals surface area (Å²) < 4.78 is 0. The second-order valence-electron chi connectivity index (χ2n) is 5.93. The fourth-order valence-electron chi connectivity index (χ4n) is 3.53. The Morgan fingerprint density at radius 2 is 1.69 bits per heavy atom. The van der Waals surface area contributed by atoms with E-state index < -0.39 is 0 Å². The van der Waals surface area contributed by atoms with Gasteiger partial charge in [-0.15, -0.1) is 0 Å². The molecule has 0 radical (unpaired) electrons. The molecule has 4 unspecified atom stereocenters. The Kier molecular flexibility index (Phi) is 4.66. The highest BCUT2D eigenvalue weighted by Crippen LogP contribution is 2.28. The van der Waals surface area contributed by atoms with Crippen LogP contribution in [0.4, 0.5) is 0 Å². The predicted octanol–water partition coefficient (Wildman–Crippen LogP) is 2.81. The van der Waals surface area contributed by atoms with Crippen LogP contribution in [0.1, 0.15) is 64.7 Å². The standard InChI is InChI=1S/C14H28N2/c1-2-11-5-3-7-13(9-11)16-14-8-4-6-12(15)10-14/h11-14,16H,2-10,15H2,1H3. The summed E-state index contributed by atoms with van der Waals surface area (Å²) in [6.45, 7) is 2.34. The Morgan fingerprint density at radius 3 is 2.38 bits per heavy atom. The van der Waals surface area contributed by atoms with Gasteiger partial charge in [0, 0.05) is 18.1 Å². The molecule has 0 amide bonds. The summed E-state index contributed by atoms with van der Waals surface area (Å²) in [4.78, 5) is 0. The molecule has 0 aromatic rings. The molecule has 0 spiro atoms. The normalized spacial score (nSPS) is 40.9. The van der Waals surface area contributed by atoms with Crippen molar-refractivity contribution in [2.75, 3.05) is 0 Å². The van der Waals surface area contributed by atoms with Gasteiger partial charge in [0.05, 0.1) is 0 Å². The fraction of sp³-hybridized carbons (Fsp3) is 1.00. The number of hydrogen-bond donors (Lipinski definition) is 2. The van der Waals surface area contributed by atoms with E-state index in [1.165, 1.54) is 57.8 Å². The molecule has 2 aliphatic carbocycles. The summed E-state index contributed by atoms with van der Waals surface area (Å²) in [7, 11) is 0. The molecule has 16 heavy (non-hydrogen) atoms. The van der Waals surface area contributed by atoms with Crippen molar-refractivity contribution in [1.82, 2.24) is 5.32 Å². The van der Waals surface area contributed by atoms with Gasteiger partial charge < -0.3 is 11.1 Å². The maximum Gasteiger partial charge on any atom is 0.00843 e. The van der Waals surface area contributed by atoms with Crippen LogP contribution >= 0.6 is 0 Å². The lowest BCUT2D eigenvalue weighted by molar-refractivity contribution is 0.235. The zero-order chi connectivity index (χ0) is 11.4. The SMILES string of the molecule is CCC1CCCC(NC2CCCC(N)C2)C1. The molecule has 2 nitrogen and oxygen atoms in total. The third-order valence-electron chi connectivity index (χ3n) is 4.55. The first kappa shape index (κ1) is 12.4. The van der Waals surface area contributed by atoms with Crippen molar-refractivity contribution in [3.05, 3.63) is 0 Å². The van der Waals surface area contributed by atoms with Crippen molar-refractivity contribution in [2.45, 2.75) is 82.8 Å². The van der Waals surface area contributed by atoms with E-state index in [9.17, 15) is 0 Å². The zero-order valence-corrected chi connectivity index (χ0v) is 10.8. The molecule has 2 heteroatoms. The highest BCUT2D eigenvalue weighted by Gasteiger charge is 2.25. The molecule has 0 aliphatic heterocycles. The minimum absolute atomic E-state index is 0.455. The first-order valence-electron chi connectivity index (χ1n) is 7.29. The largest absolute Gasteiger partial charge is 0.328 e. The van der Waals surface area contributed by atoms with Crippen LogP contribution in [-0.2, 0) is 0 Å². The third kappa shape index (κ3) is 3.46. The first-order chi connectivity index (χ1) is 7.78. The Bertz CT molecular complexity index is 205. The van der Waals surface area contributed by atoms with Crippen molar-refractivity contribution in [3.63, 3.8) is 0 Å². The average molecular weight is 224 g/mol. The first-order valence-corrected chi connectivity index (χ1v) is 7.29. The molecular formula is C14H28N2. The van der Waals surface area contributed by atoms with E-state index in [0.717, 1.165) is 12.0 Å². The Hall–Kier alpha value is -0.0800. The Balaban J connectivity index is 1.75. The van der Waals surface area contributed by atoms with E-state index in [2.05, 4.69) is 12.2 Å². The quantitative estimate of drug-likeness (QED) is 0.773. The molecule has 2 rings (SSSR count). The summed E-state index contributed by atoms with van der Waals surface area (Å²) in [6, 6.07) is 1.95. The van der Waals surface area contributed by atoms with Crippen molar-refractivity contribution >= 4 is 0 Å². The molecule has 3 N–H and O–H groups in total. The van der Waals surface area contributed by atoms with Gasteiger partial charge in [-0.3, -0.25) is 0 Å². The average Bonchev–Trinajstić information content (AvgIpc) is 2.29. The van der Waals surface area contributed by atoms with Crippen LogP contribution in [0.5, 0.6) is 0 Å². The minimum atomic E-state index is 0.455. The van der Waals surface area contributed by atoms with Crippen LogP contribution in [0.15, 0.2) is 0 Å². The van der Waals surface area contributed by atoms with Gasteiger partial charge in [-0.05, 0) is 38.0 Å². The summed E-state index contributed by atoms with van der Waals surface area (Å²) in [5.41, 5.74) is 6.04. The number of nitrogens with two attached hydrogens (primary N) is 1. The molecule has 0 aromatic carbocycles. The number of rotatable bonds is 3. The molecular weight excluding hydrogens is 196 g/mol. The van der Waals surface area contributed by atoms with Crippen molar-refractivity contribution in [1.29, 1.82) is 0 Å². The molecule has 0 saturated heterocycles. The van der Waals surface area contributed by atoms with Crippen LogP contribution in [0.2, 0.25) is 0 Å². The maximum absolute atomic E-state index is 6.04. The lowest BCUT2D eigenvalue weighted by atomic mass is 9.83. The summed E-state index contributed by atoms with van der Waals surface area (Å²) >= 11 is 0. The molecule has 4 atom stereocenters. The van der Waals surface area contributed by atoms with E-state index in [0.29, 0.717) is 12.1 Å². The lowest BCUT2D eigenvalue weighted by Crippen LogP contribution is -2.45. The molecule has 94 valence electrons. The van der Waals surface area contributed by atoms with Crippen molar-refractivity contribution < 1.29 is 0 Å². The van der Waals surface area contributed by atoms with Crippen molar-refractivity contribution in [3.8, 4) is 0 Å². The topological polar surface area (TPSA) is 38.0 Å². The lowest BCUT2D eigenvalue weighted by Gasteiger charge is -2.35. The minimum Gasteiger partial charge on any atom is -0.328 e. The molecule has 0 aromatic heterocycles. The van der Waals surface area contributed by atoms with Crippen LogP contribution in [0.3, 0.4) is 0 Å². The molecule has 2 saturated carbocycles. The Morgan fingerprint density at radius 1 is 1.00 bits per heavy atom. The van der Waals surface area contributed by atoms with Crippen molar-refractivity contribution in [2.24, 2.45) is 11.7 Å². The van der Waals surface area contributed by atoms with Crippen LogP contribution in [0.25, 0.3) is 0 Å². The van der Waals surface area contributed by atoms with Gasteiger partial charge >= 0.3 is 0 Å². The van der Waals surface area contributed by atoms with Gasteiger partial charge in [-0.1, -0.05) is 32.6 Å². The second kappa shape index (κ2) is 6.02. The van der Waals surface area contributed by atoms with Crippen LogP contribution in [-0.4, -0.2) is 18.1 Å². The van der Waals surface area contributed by atoms with Gasteiger partial charge in [0.15, 0.2) is 0 Å². The molecule has 0 bridgehead atoms. The summed E-state index contributed by atoms with van der Waals surface area (Å²) in [5, 5.41) is 3.87. The molecule has 2 aliphatic rings. The smallest absolute Gasteiger partial charge is 0.00843 e. The summed E-state index contributed by atoms with van der Waals surface area (Å²) in [5.74, 6) is 0.975. The molecule has 2 fully saturated rings. The van der Waals surface area contributed by atoms with Gasteiger partial charge in [-0.25, -0.2) is 0 Å². The molecule has 0 heterocycles. The highest BCUT2D eigenvalue weighted by atomic mass is 15.0. The van der Waals surface area contributed by atoms with Crippen LogP contribution in [0, 0.1) is 5.92 Å². The van der Waals surface area contributed by atoms with Gasteiger partial charge in [-0.2, -0.15) is 0 Å². The highest BCUT2D eigenvalue weighted by molar-refractivity contribution is 4.85. The predicted molar refractivity (Wildman–Crippen MR) is 69.4 cm³/mol. The zero-order valence-electron chi connectivity index (χ0n) is 10.8. The maximum atomic E-state index is 6.04. The monoisotopic (exact) mass is 224 g/mol. The van der Waals surface area contributed by atoms with E-state index in [-0.39, 0.29) is 0 Å². The van der Waals surface area contributed by atoms with E-state index in [1.54, 1.807) is 0 Å². The fourth-order valence-corrected chi connectivity index (χ4v) is 3.53. The van der Waals surface area contributed by atoms with Gasteiger partial charge in [0.2, 0.25) is 0 Å².